The summed E-state index contributed by atoms with van der Waals surface area (Å²) in [5.74, 6) is 1.53. The number of benzene rings is 3. The molecule has 5 nitrogen and oxygen atoms in total. The van der Waals surface area contributed by atoms with Crippen molar-refractivity contribution in [2.45, 2.75) is 13.1 Å². The van der Waals surface area contributed by atoms with Crippen molar-refractivity contribution in [3.05, 3.63) is 82.2 Å². The fraction of sp³-hybridized carbons (Fsp3) is 0.208. The molecule has 0 saturated heterocycles. The molecule has 0 aliphatic heterocycles. The predicted octanol–water partition coefficient (Wildman–Crippen LogP) is 3.18. The third-order valence-electron chi connectivity index (χ3n) is 5.15. The van der Waals surface area contributed by atoms with E-state index in [4.69, 9.17) is 13.9 Å². The monoisotopic (exact) mass is 390 g/mol. The molecular weight excluding hydrogens is 366 g/mol. The van der Waals surface area contributed by atoms with E-state index in [-0.39, 0.29) is 5.63 Å². The molecule has 0 radical (unpaired) electrons. The molecule has 5 heteroatoms. The van der Waals surface area contributed by atoms with Gasteiger partial charge in [-0.15, -0.1) is 0 Å². The van der Waals surface area contributed by atoms with Gasteiger partial charge in [0.25, 0.3) is 0 Å². The summed E-state index contributed by atoms with van der Waals surface area (Å²) in [6.07, 6.45) is 0. The third-order valence-corrected chi connectivity index (χ3v) is 5.15. The van der Waals surface area contributed by atoms with E-state index in [9.17, 15) is 4.79 Å². The summed E-state index contributed by atoms with van der Waals surface area (Å²) in [7, 11) is 5.40. The van der Waals surface area contributed by atoms with Crippen LogP contribution in [-0.2, 0) is 13.1 Å². The molecule has 1 heterocycles. The lowest BCUT2D eigenvalue weighted by molar-refractivity contribution is -0.907. The Labute approximate surface area is 169 Å². The maximum Gasteiger partial charge on any atom is 0.336 e. The molecule has 1 unspecified atom stereocenters. The summed E-state index contributed by atoms with van der Waals surface area (Å²) in [5.41, 5.74) is 2.43. The van der Waals surface area contributed by atoms with Gasteiger partial charge in [0.05, 0.1) is 21.3 Å². The molecule has 1 aromatic heterocycles. The molecule has 148 valence electrons. The fourth-order valence-corrected chi connectivity index (χ4v) is 3.73. The van der Waals surface area contributed by atoms with Crippen LogP contribution < -0.4 is 20.0 Å². The van der Waals surface area contributed by atoms with Crippen LogP contribution in [0.5, 0.6) is 11.5 Å². The van der Waals surface area contributed by atoms with Crippen molar-refractivity contribution < 1.29 is 18.8 Å². The smallest absolute Gasteiger partial charge is 0.336 e. The maximum absolute atomic E-state index is 12.0. The molecule has 0 aliphatic rings. The van der Waals surface area contributed by atoms with Crippen LogP contribution in [0.2, 0.25) is 0 Å². The molecule has 0 bridgehead atoms. The SMILES string of the molecule is COc1ccc2cc(C[NH+](C)Cc3cc(=O)oc4cc(OC)ccc34)ccc2c1. The standard InChI is InChI=1S/C24H23NO4/c1-25(14-16-4-5-18-11-20(27-2)7-6-17(18)10-16)15-19-12-24(26)29-23-13-21(28-3)8-9-22(19)23/h4-13H,14-15H2,1-3H3/p+1. The summed E-state index contributed by atoms with van der Waals surface area (Å²) in [4.78, 5) is 13.3. The van der Waals surface area contributed by atoms with Crippen molar-refractivity contribution in [1.29, 1.82) is 0 Å². The number of methoxy groups -OCH3 is 2. The van der Waals surface area contributed by atoms with Crippen molar-refractivity contribution >= 4 is 21.7 Å². The normalized spacial score (nSPS) is 12.2. The van der Waals surface area contributed by atoms with Crippen LogP contribution in [0.4, 0.5) is 0 Å². The van der Waals surface area contributed by atoms with Crippen LogP contribution in [0.25, 0.3) is 21.7 Å². The Hall–Kier alpha value is -3.31. The van der Waals surface area contributed by atoms with E-state index in [1.807, 2.05) is 24.3 Å². The van der Waals surface area contributed by atoms with E-state index in [1.165, 1.54) is 15.8 Å². The van der Waals surface area contributed by atoms with Crippen molar-refractivity contribution in [1.82, 2.24) is 0 Å². The molecule has 0 amide bonds. The lowest BCUT2D eigenvalue weighted by Gasteiger charge is -2.16. The molecular formula is C24H24NO4+. The van der Waals surface area contributed by atoms with Crippen LogP contribution in [0.1, 0.15) is 11.1 Å². The van der Waals surface area contributed by atoms with Gasteiger partial charge >= 0.3 is 5.63 Å². The number of quaternary nitrogens is 1. The second kappa shape index (κ2) is 7.97. The zero-order valence-corrected chi connectivity index (χ0v) is 16.8. The molecule has 1 N–H and O–H groups in total. The Bertz CT molecular complexity index is 1230. The Morgan fingerprint density at radius 1 is 0.828 bits per heavy atom. The van der Waals surface area contributed by atoms with Gasteiger partial charge in [-0.25, -0.2) is 4.79 Å². The highest BCUT2D eigenvalue weighted by atomic mass is 16.5. The predicted molar refractivity (Wildman–Crippen MR) is 114 cm³/mol. The highest BCUT2D eigenvalue weighted by Crippen LogP contribution is 2.23. The number of fused-ring (bicyclic) bond motifs is 2. The van der Waals surface area contributed by atoms with Gasteiger partial charge in [0, 0.05) is 28.6 Å². The van der Waals surface area contributed by atoms with Gasteiger partial charge in [-0.3, -0.25) is 0 Å². The number of hydrogen-bond donors (Lipinski definition) is 1. The van der Waals surface area contributed by atoms with Crippen LogP contribution in [-0.4, -0.2) is 21.3 Å². The number of rotatable bonds is 6. The Morgan fingerprint density at radius 3 is 2.31 bits per heavy atom. The van der Waals surface area contributed by atoms with Gasteiger partial charge in [-0.1, -0.05) is 18.2 Å². The summed E-state index contributed by atoms with van der Waals surface area (Å²) < 4.78 is 15.9. The first kappa shape index (κ1) is 19.0. The first-order valence-corrected chi connectivity index (χ1v) is 9.54. The van der Waals surface area contributed by atoms with Gasteiger partial charge in [0.15, 0.2) is 0 Å². The zero-order valence-electron chi connectivity index (χ0n) is 16.8. The molecule has 0 spiro atoms. The zero-order chi connectivity index (χ0) is 20.4. The van der Waals surface area contributed by atoms with E-state index in [2.05, 4.69) is 31.3 Å². The molecule has 0 fully saturated rings. The van der Waals surface area contributed by atoms with E-state index in [0.717, 1.165) is 35.2 Å². The van der Waals surface area contributed by atoms with Crippen LogP contribution in [0.15, 0.2) is 69.9 Å². The number of ether oxygens (including phenoxy) is 2. The average Bonchev–Trinajstić information content (AvgIpc) is 2.72. The minimum Gasteiger partial charge on any atom is -0.497 e. The first-order valence-electron chi connectivity index (χ1n) is 9.54. The summed E-state index contributed by atoms with van der Waals surface area (Å²) in [6, 6.07) is 19.8. The van der Waals surface area contributed by atoms with Gasteiger partial charge in [0.2, 0.25) is 0 Å². The largest absolute Gasteiger partial charge is 0.497 e. The van der Waals surface area contributed by atoms with E-state index in [1.54, 1.807) is 26.4 Å². The maximum atomic E-state index is 12.0. The molecule has 4 aromatic rings. The molecule has 0 aliphatic carbocycles. The van der Waals surface area contributed by atoms with Gasteiger partial charge in [-0.2, -0.15) is 0 Å². The van der Waals surface area contributed by atoms with Crippen molar-refractivity contribution in [3.63, 3.8) is 0 Å². The van der Waals surface area contributed by atoms with Crippen LogP contribution in [0, 0.1) is 0 Å². The molecule has 3 aromatic carbocycles. The quantitative estimate of drug-likeness (QED) is 0.514. The van der Waals surface area contributed by atoms with Gasteiger partial charge in [0.1, 0.15) is 30.2 Å². The Balaban J connectivity index is 1.57. The molecule has 29 heavy (non-hydrogen) atoms. The van der Waals surface area contributed by atoms with Gasteiger partial charge < -0.3 is 18.8 Å². The lowest BCUT2D eigenvalue weighted by atomic mass is 10.1. The van der Waals surface area contributed by atoms with Crippen molar-refractivity contribution in [2.75, 3.05) is 21.3 Å². The van der Waals surface area contributed by atoms with E-state index >= 15 is 0 Å². The molecule has 4 rings (SSSR count). The summed E-state index contributed by atoms with van der Waals surface area (Å²) >= 11 is 0. The number of hydrogen-bond acceptors (Lipinski definition) is 4. The topological polar surface area (TPSA) is 53.1 Å². The van der Waals surface area contributed by atoms with Crippen LogP contribution in [0.3, 0.4) is 0 Å². The third kappa shape index (κ3) is 4.10. The molecule has 1 atom stereocenters. The second-order valence-corrected chi connectivity index (χ2v) is 7.31. The van der Waals surface area contributed by atoms with Crippen molar-refractivity contribution in [2.24, 2.45) is 0 Å². The highest BCUT2D eigenvalue weighted by molar-refractivity contribution is 5.84. The Morgan fingerprint density at radius 2 is 1.52 bits per heavy atom. The van der Waals surface area contributed by atoms with E-state index in [0.29, 0.717) is 11.3 Å². The average molecular weight is 390 g/mol. The Kier molecular flexibility index (Phi) is 5.23. The summed E-state index contributed by atoms with van der Waals surface area (Å²) in [5, 5.41) is 3.29. The minimum absolute atomic E-state index is 0.340. The second-order valence-electron chi connectivity index (χ2n) is 7.31. The molecule has 0 saturated carbocycles. The summed E-state index contributed by atoms with van der Waals surface area (Å²) in [6.45, 7) is 1.56. The lowest BCUT2D eigenvalue weighted by Crippen LogP contribution is -3.06. The van der Waals surface area contributed by atoms with Crippen molar-refractivity contribution in [3.8, 4) is 11.5 Å². The van der Waals surface area contributed by atoms with Crippen LogP contribution >= 0.6 is 0 Å². The van der Waals surface area contributed by atoms with Gasteiger partial charge in [-0.05, 0) is 41.1 Å². The van der Waals surface area contributed by atoms with E-state index < -0.39 is 0 Å². The fourth-order valence-electron chi connectivity index (χ4n) is 3.73. The minimum atomic E-state index is -0.340. The first-order chi connectivity index (χ1) is 14.1. The highest BCUT2D eigenvalue weighted by Gasteiger charge is 2.12. The number of nitrogens with one attached hydrogen (secondary N) is 1.